The molecule has 0 aromatic carbocycles. The number of nitrogens with zero attached hydrogens (tertiary/aromatic N) is 1. The molecule has 0 unspecified atom stereocenters. The Hall–Kier alpha value is -0.370. The van der Waals surface area contributed by atoms with Gasteiger partial charge in [0.1, 0.15) is 0 Å². The molecule has 16 heavy (non-hydrogen) atoms. The van der Waals surface area contributed by atoms with Crippen molar-refractivity contribution in [3.63, 3.8) is 0 Å². The number of piperidine rings is 1. The minimum Gasteiger partial charge on any atom is -0.298 e. The third kappa shape index (κ3) is 3.58. The van der Waals surface area contributed by atoms with Crippen LogP contribution < -0.4 is 0 Å². The molecular weight excluding hydrogens is 198 g/mol. The number of hydrogen-bond acceptors (Lipinski definition) is 2. The maximum absolute atomic E-state index is 11.9. The van der Waals surface area contributed by atoms with E-state index in [1.54, 1.807) is 0 Å². The zero-order valence-corrected chi connectivity index (χ0v) is 11.6. The predicted molar refractivity (Wildman–Crippen MR) is 68.5 cm³/mol. The van der Waals surface area contributed by atoms with Crippen molar-refractivity contribution in [2.45, 2.75) is 53.9 Å². The Morgan fingerprint density at radius 3 is 2.12 bits per heavy atom. The Morgan fingerprint density at radius 2 is 1.75 bits per heavy atom. The molecule has 0 spiro atoms. The van der Waals surface area contributed by atoms with Gasteiger partial charge in [0.25, 0.3) is 0 Å². The van der Waals surface area contributed by atoms with Crippen molar-refractivity contribution in [3.8, 4) is 0 Å². The van der Waals surface area contributed by atoms with E-state index in [1.807, 2.05) is 20.8 Å². The summed E-state index contributed by atoms with van der Waals surface area (Å²) in [7, 11) is 0. The maximum atomic E-state index is 11.9. The molecule has 2 heteroatoms. The van der Waals surface area contributed by atoms with E-state index in [9.17, 15) is 4.79 Å². The monoisotopic (exact) mass is 225 g/mol. The summed E-state index contributed by atoms with van der Waals surface area (Å²) < 4.78 is 0. The van der Waals surface area contributed by atoms with Gasteiger partial charge in [-0.1, -0.05) is 41.0 Å². The van der Waals surface area contributed by atoms with Gasteiger partial charge in [-0.2, -0.15) is 0 Å². The highest BCUT2D eigenvalue weighted by molar-refractivity contribution is 5.85. The highest BCUT2D eigenvalue weighted by atomic mass is 16.1. The van der Waals surface area contributed by atoms with Gasteiger partial charge >= 0.3 is 0 Å². The summed E-state index contributed by atoms with van der Waals surface area (Å²) in [6.45, 7) is 13.5. The van der Waals surface area contributed by atoms with Crippen LogP contribution in [0.2, 0.25) is 0 Å². The van der Waals surface area contributed by atoms with Crippen molar-refractivity contribution in [2.24, 2.45) is 10.8 Å². The molecule has 0 amide bonds. The summed E-state index contributed by atoms with van der Waals surface area (Å²) in [5.41, 5.74) is 0.326. The number of carbonyl (C=O) groups is 1. The Bertz CT molecular complexity index is 244. The van der Waals surface area contributed by atoms with Crippen molar-refractivity contribution in [1.29, 1.82) is 0 Å². The zero-order valence-electron chi connectivity index (χ0n) is 11.6. The normalized spacial score (nSPS) is 22.1. The summed E-state index contributed by atoms with van der Waals surface area (Å²) in [5, 5.41) is 0. The lowest BCUT2D eigenvalue weighted by Gasteiger charge is -2.39. The number of rotatable bonds is 3. The van der Waals surface area contributed by atoms with Crippen LogP contribution in [-0.4, -0.2) is 30.3 Å². The van der Waals surface area contributed by atoms with Crippen LogP contribution in [0.25, 0.3) is 0 Å². The topological polar surface area (TPSA) is 20.3 Å². The average molecular weight is 225 g/mol. The second kappa shape index (κ2) is 4.87. The van der Waals surface area contributed by atoms with E-state index < -0.39 is 0 Å². The summed E-state index contributed by atoms with van der Waals surface area (Å²) in [6, 6.07) is 0. The molecule has 1 aliphatic rings. The van der Waals surface area contributed by atoms with Gasteiger partial charge in [-0.3, -0.25) is 9.69 Å². The zero-order chi connectivity index (χ0) is 12.4. The largest absolute Gasteiger partial charge is 0.298 e. The fourth-order valence-corrected chi connectivity index (χ4v) is 2.04. The highest BCUT2D eigenvalue weighted by Crippen LogP contribution is 2.34. The van der Waals surface area contributed by atoms with Crippen molar-refractivity contribution < 1.29 is 4.79 Å². The van der Waals surface area contributed by atoms with Crippen LogP contribution in [0.1, 0.15) is 53.9 Å². The van der Waals surface area contributed by atoms with Crippen LogP contribution in [0, 0.1) is 10.8 Å². The highest BCUT2D eigenvalue weighted by Gasteiger charge is 2.30. The van der Waals surface area contributed by atoms with E-state index >= 15 is 0 Å². The van der Waals surface area contributed by atoms with Gasteiger partial charge in [-0.15, -0.1) is 0 Å². The van der Waals surface area contributed by atoms with Crippen LogP contribution in [0.4, 0.5) is 0 Å². The van der Waals surface area contributed by atoms with Crippen LogP contribution in [0.3, 0.4) is 0 Å². The van der Waals surface area contributed by atoms with Gasteiger partial charge in [-0.05, 0) is 31.3 Å². The van der Waals surface area contributed by atoms with E-state index in [0.717, 1.165) is 13.1 Å². The molecule has 0 N–H and O–H groups in total. The van der Waals surface area contributed by atoms with Crippen molar-refractivity contribution in [1.82, 2.24) is 4.90 Å². The van der Waals surface area contributed by atoms with Crippen molar-refractivity contribution in [3.05, 3.63) is 0 Å². The van der Waals surface area contributed by atoms with Crippen LogP contribution in [0.15, 0.2) is 0 Å². The summed E-state index contributed by atoms with van der Waals surface area (Å²) in [6.07, 6.45) is 3.73. The van der Waals surface area contributed by atoms with Crippen LogP contribution in [0.5, 0.6) is 0 Å². The molecule has 0 bridgehead atoms. The third-order valence-electron chi connectivity index (χ3n) is 4.12. The number of likely N-dealkylation sites (tertiary alicyclic amines) is 1. The van der Waals surface area contributed by atoms with Gasteiger partial charge in [0.15, 0.2) is 5.78 Å². The first kappa shape index (κ1) is 13.7. The Kier molecular flexibility index (Phi) is 4.17. The van der Waals surface area contributed by atoms with E-state index in [4.69, 9.17) is 0 Å². The molecule has 1 rings (SSSR count). The summed E-state index contributed by atoms with van der Waals surface area (Å²) in [4.78, 5) is 14.2. The molecular formula is C14H27NO. The molecule has 94 valence electrons. The van der Waals surface area contributed by atoms with Crippen LogP contribution >= 0.6 is 0 Å². The first-order chi connectivity index (χ1) is 7.27. The fourth-order valence-electron chi connectivity index (χ4n) is 2.04. The Balaban J connectivity index is 2.41. The molecule has 0 radical (unpaired) electrons. The minimum atomic E-state index is -0.189. The first-order valence-corrected chi connectivity index (χ1v) is 6.52. The summed E-state index contributed by atoms with van der Waals surface area (Å²) >= 11 is 0. The van der Waals surface area contributed by atoms with E-state index in [-0.39, 0.29) is 5.41 Å². The molecule has 1 heterocycles. The lowest BCUT2D eigenvalue weighted by molar-refractivity contribution is -0.128. The molecule has 1 saturated heterocycles. The Labute approximate surface area is 100 Å². The smallest absolute Gasteiger partial charge is 0.152 e. The van der Waals surface area contributed by atoms with Gasteiger partial charge < -0.3 is 0 Å². The molecule has 0 aliphatic carbocycles. The first-order valence-electron chi connectivity index (χ1n) is 6.52. The number of ketones is 1. The Morgan fingerprint density at radius 1 is 1.25 bits per heavy atom. The maximum Gasteiger partial charge on any atom is 0.152 e. The molecule has 0 aromatic rings. The van der Waals surface area contributed by atoms with Crippen LogP contribution in [-0.2, 0) is 4.79 Å². The van der Waals surface area contributed by atoms with Crippen molar-refractivity contribution >= 4 is 5.78 Å². The molecule has 0 aromatic heterocycles. The minimum absolute atomic E-state index is 0.189. The number of hydrogen-bond donors (Lipinski definition) is 0. The van der Waals surface area contributed by atoms with Crippen molar-refractivity contribution in [2.75, 3.05) is 19.6 Å². The quantitative estimate of drug-likeness (QED) is 0.735. The fraction of sp³-hybridized carbons (Fsp3) is 0.929. The molecule has 1 aliphatic heterocycles. The molecule has 1 fully saturated rings. The molecule has 2 nitrogen and oxygen atoms in total. The number of carbonyl (C=O) groups excluding carboxylic acids is 1. The van der Waals surface area contributed by atoms with Gasteiger partial charge in [0.2, 0.25) is 0 Å². The van der Waals surface area contributed by atoms with Gasteiger partial charge in [0, 0.05) is 5.41 Å². The lowest BCUT2D eigenvalue weighted by atomic mass is 9.78. The second-order valence-electron chi connectivity index (χ2n) is 6.61. The lowest BCUT2D eigenvalue weighted by Crippen LogP contribution is -2.43. The SMILES string of the molecule is CCC1(C)CCN(CC(=O)C(C)(C)C)CC1. The van der Waals surface area contributed by atoms with Gasteiger partial charge in [0.05, 0.1) is 6.54 Å². The predicted octanol–water partition coefficient (Wildman–Crippen LogP) is 3.11. The molecule has 0 saturated carbocycles. The summed E-state index contributed by atoms with van der Waals surface area (Å²) in [5.74, 6) is 0.368. The second-order valence-corrected chi connectivity index (χ2v) is 6.61. The van der Waals surface area contributed by atoms with E-state index in [1.165, 1.54) is 19.3 Å². The third-order valence-corrected chi connectivity index (χ3v) is 4.12. The standard InChI is InChI=1S/C14H27NO/c1-6-14(5)7-9-15(10-8-14)11-12(16)13(2,3)4/h6-11H2,1-5H3. The van der Waals surface area contributed by atoms with Gasteiger partial charge in [-0.25, -0.2) is 0 Å². The molecule has 0 atom stereocenters. The number of Topliss-reactive ketones (excluding diaryl/α,β-unsaturated/α-hetero) is 1. The average Bonchev–Trinajstić information content (AvgIpc) is 2.20. The van der Waals surface area contributed by atoms with E-state index in [0.29, 0.717) is 17.7 Å². The van der Waals surface area contributed by atoms with E-state index in [2.05, 4.69) is 18.7 Å².